The maximum Gasteiger partial charge on any atom is 0.339 e. The second-order valence-electron chi connectivity index (χ2n) is 7.50. The molecule has 1 heterocycles. The summed E-state index contributed by atoms with van der Waals surface area (Å²) in [5.41, 5.74) is 4.55. The number of fused-ring (bicyclic) bond motifs is 1. The molecule has 0 radical (unpaired) electrons. The van der Waals surface area contributed by atoms with Crippen LogP contribution in [0.15, 0.2) is 66.7 Å². The van der Waals surface area contributed by atoms with E-state index in [0.717, 1.165) is 22.4 Å². The van der Waals surface area contributed by atoms with Gasteiger partial charge in [-0.2, -0.15) is 0 Å². The number of aromatic nitrogens is 2. The van der Waals surface area contributed by atoms with Gasteiger partial charge in [-0.1, -0.05) is 53.6 Å². The third-order valence-corrected chi connectivity index (χ3v) is 5.46. The first-order valence-corrected chi connectivity index (χ1v) is 10.8. The Morgan fingerprint density at radius 3 is 2.58 bits per heavy atom. The van der Waals surface area contributed by atoms with E-state index in [-0.39, 0.29) is 11.3 Å². The van der Waals surface area contributed by atoms with E-state index in [4.69, 9.17) is 21.3 Å². The first-order valence-electron chi connectivity index (χ1n) is 10.4. The lowest BCUT2D eigenvalue weighted by molar-refractivity contribution is 0.0602. The number of ether oxygens (including phenoxy) is 1. The number of carbonyl (C=O) groups is 2. The van der Waals surface area contributed by atoms with Gasteiger partial charge in [-0.15, -0.1) is 0 Å². The van der Waals surface area contributed by atoms with Gasteiger partial charge in [0.05, 0.1) is 29.4 Å². The number of rotatable bonds is 6. The fraction of sp³-hybridized carbons (Fsp3) is 0.160. The lowest BCUT2D eigenvalue weighted by atomic mass is 10.1. The number of hydrogen-bond acceptors (Lipinski definition) is 4. The fourth-order valence-electron chi connectivity index (χ4n) is 3.58. The van der Waals surface area contributed by atoms with Crippen LogP contribution in [0.25, 0.3) is 22.4 Å². The predicted molar refractivity (Wildman–Crippen MR) is 130 cm³/mol. The summed E-state index contributed by atoms with van der Waals surface area (Å²) in [5, 5.41) is 5.90. The molecule has 8 heteroatoms. The normalized spacial score (nSPS) is 10.8. The Bertz CT molecular complexity index is 1320. The van der Waals surface area contributed by atoms with Crippen LogP contribution in [-0.4, -0.2) is 35.2 Å². The molecule has 0 saturated carbocycles. The standard InChI is InChI=1S/C25H23ClN4O3/c1-16-7-9-17(10-8-16)23-28-20-5-3-4-6-22(20)30(23)14-13-27-25(32)29-21-15-18(26)11-12-19(21)24(31)33-2/h3-12,15H,13-14H2,1-2H3,(H2,27,29,32). The molecule has 0 aliphatic heterocycles. The number of nitrogens with one attached hydrogen (secondary N) is 2. The van der Waals surface area contributed by atoms with Gasteiger partial charge in [-0.3, -0.25) is 0 Å². The highest BCUT2D eigenvalue weighted by Gasteiger charge is 2.15. The Balaban J connectivity index is 1.50. The van der Waals surface area contributed by atoms with Gasteiger partial charge in [0.1, 0.15) is 5.82 Å². The molecule has 0 spiro atoms. The molecule has 0 unspecified atom stereocenters. The van der Waals surface area contributed by atoms with Crippen molar-refractivity contribution in [2.45, 2.75) is 13.5 Å². The third kappa shape index (κ3) is 4.99. The second-order valence-corrected chi connectivity index (χ2v) is 7.94. The number of benzene rings is 3. The zero-order chi connectivity index (χ0) is 23.4. The first-order chi connectivity index (χ1) is 16.0. The van der Waals surface area contributed by atoms with Gasteiger partial charge < -0.3 is 19.9 Å². The summed E-state index contributed by atoms with van der Waals surface area (Å²) >= 11 is 6.03. The van der Waals surface area contributed by atoms with Gasteiger partial charge in [0.15, 0.2) is 0 Å². The Kier molecular flexibility index (Phi) is 6.60. The van der Waals surface area contributed by atoms with Crippen molar-refractivity contribution in [3.05, 3.63) is 82.9 Å². The number of hydrogen-bond donors (Lipinski definition) is 2. The number of anilines is 1. The quantitative estimate of drug-likeness (QED) is 0.382. The summed E-state index contributed by atoms with van der Waals surface area (Å²) in [6, 6.07) is 20.2. The van der Waals surface area contributed by atoms with E-state index < -0.39 is 12.0 Å². The van der Waals surface area contributed by atoms with Crippen LogP contribution in [0.5, 0.6) is 0 Å². The van der Waals surface area contributed by atoms with Crippen molar-refractivity contribution in [3.8, 4) is 11.4 Å². The Hall–Kier alpha value is -3.84. The molecule has 2 amide bonds. The molecule has 1 aromatic heterocycles. The highest BCUT2D eigenvalue weighted by Crippen LogP contribution is 2.25. The Morgan fingerprint density at radius 2 is 1.82 bits per heavy atom. The molecule has 33 heavy (non-hydrogen) atoms. The molecule has 0 aliphatic rings. The zero-order valence-corrected chi connectivity index (χ0v) is 19.0. The summed E-state index contributed by atoms with van der Waals surface area (Å²) in [7, 11) is 1.28. The van der Waals surface area contributed by atoms with Crippen molar-refractivity contribution in [2.24, 2.45) is 0 Å². The van der Waals surface area contributed by atoms with E-state index in [2.05, 4.69) is 27.3 Å². The number of esters is 1. The molecule has 0 saturated heterocycles. The van der Waals surface area contributed by atoms with Crippen LogP contribution < -0.4 is 10.6 Å². The molecule has 4 rings (SSSR count). The van der Waals surface area contributed by atoms with Crippen molar-refractivity contribution in [1.82, 2.24) is 14.9 Å². The highest BCUT2D eigenvalue weighted by atomic mass is 35.5. The molecule has 2 N–H and O–H groups in total. The van der Waals surface area contributed by atoms with E-state index in [9.17, 15) is 9.59 Å². The van der Waals surface area contributed by atoms with Crippen molar-refractivity contribution in [3.63, 3.8) is 0 Å². The van der Waals surface area contributed by atoms with E-state index in [0.29, 0.717) is 18.1 Å². The summed E-state index contributed by atoms with van der Waals surface area (Å²) in [6.07, 6.45) is 0. The number of aryl methyl sites for hydroxylation is 1. The minimum Gasteiger partial charge on any atom is -0.465 e. The molecule has 0 bridgehead atoms. The lowest BCUT2D eigenvalue weighted by Crippen LogP contribution is -2.32. The van der Waals surface area contributed by atoms with E-state index >= 15 is 0 Å². The molecular weight excluding hydrogens is 440 g/mol. The minimum atomic E-state index is -0.561. The SMILES string of the molecule is COC(=O)c1ccc(Cl)cc1NC(=O)NCCn1c(-c2ccc(C)cc2)nc2ccccc21. The van der Waals surface area contributed by atoms with Gasteiger partial charge in [-0.05, 0) is 37.3 Å². The molecule has 0 fully saturated rings. The van der Waals surface area contributed by atoms with E-state index in [1.165, 1.54) is 24.8 Å². The van der Waals surface area contributed by atoms with Crippen molar-refractivity contribution >= 4 is 40.3 Å². The molecule has 7 nitrogen and oxygen atoms in total. The average molecular weight is 463 g/mol. The number of methoxy groups -OCH3 is 1. The highest BCUT2D eigenvalue weighted by molar-refractivity contribution is 6.31. The van der Waals surface area contributed by atoms with Gasteiger partial charge in [0, 0.05) is 23.7 Å². The summed E-state index contributed by atoms with van der Waals surface area (Å²) in [5.74, 6) is 0.274. The Morgan fingerprint density at radius 1 is 1.06 bits per heavy atom. The lowest BCUT2D eigenvalue weighted by Gasteiger charge is -2.13. The van der Waals surface area contributed by atoms with Crippen LogP contribution in [-0.2, 0) is 11.3 Å². The summed E-state index contributed by atoms with van der Waals surface area (Å²) < 4.78 is 6.85. The van der Waals surface area contributed by atoms with Gasteiger partial charge >= 0.3 is 12.0 Å². The molecule has 168 valence electrons. The number of para-hydroxylation sites is 2. The third-order valence-electron chi connectivity index (χ3n) is 5.22. The number of amides is 2. The van der Waals surface area contributed by atoms with Crippen LogP contribution in [0.4, 0.5) is 10.5 Å². The monoisotopic (exact) mass is 462 g/mol. The number of urea groups is 1. The number of halogens is 1. The van der Waals surface area contributed by atoms with Crippen molar-refractivity contribution < 1.29 is 14.3 Å². The first kappa shape index (κ1) is 22.4. The number of nitrogens with zero attached hydrogens (tertiary/aromatic N) is 2. The molecule has 3 aromatic carbocycles. The minimum absolute atomic E-state index is 0.222. The summed E-state index contributed by atoms with van der Waals surface area (Å²) in [4.78, 5) is 29.3. The number of carbonyl (C=O) groups excluding carboxylic acids is 2. The van der Waals surface area contributed by atoms with Gasteiger partial charge in [-0.25, -0.2) is 14.6 Å². The molecule has 0 aliphatic carbocycles. The Labute approximate surface area is 196 Å². The van der Waals surface area contributed by atoms with Crippen LogP contribution in [0.3, 0.4) is 0 Å². The smallest absolute Gasteiger partial charge is 0.339 e. The second kappa shape index (κ2) is 9.75. The van der Waals surface area contributed by atoms with Crippen LogP contribution in [0, 0.1) is 6.92 Å². The van der Waals surface area contributed by atoms with E-state index in [1.54, 1.807) is 6.07 Å². The fourth-order valence-corrected chi connectivity index (χ4v) is 3.75. The maximum absolute atomic E-state index is 12.5. The van der Waals surface area contributed by atoms with Gasteiger partial charge in [0.25, 0.3) is 0 Å². The van der Waals surface area contributed by atoms with Crippen LogP contribution >= 0.6 is 11.6 Å². The average Bonchev–Trinajstić information content (AvgIpc) is 3.18. The zero-order valence-electron chi connectivity index (χ0n) is 18.3. The van der Waals surface area contributed by atoms with Crippen molar-refractivity contribution in [2.75, 3.05) is 19.0 Å². The number of imidazole rings is 1. The van der Waals surface area contributed by atoms with E-state index in [1.807, 2.05) is 43.3 Å². The predicted octanol–water partition coefficient (Wildman–Crippen LogP) is 5.27. The van der Waals surface area contributed by atoms with Crippen LogP contribution in [0.2, 0.25) is 5.02 Å². The largest absolute Gasteiger partial charge is 0.465 e. The molecule has 0 atom stereocenters. The maximum atomic E-state index is 12.5. The molecule has 4 aromatic rings. The summed E-state index contributed by atoms with van der Waals surface area (Å²) in [6.45, 7) is 2.90. The topological polar surface area (TPSA) is 85.2 Å². The van der Waals surface area contributed by atoms with Gasteiger partial charge in [0.2, 0.25) is 0 Å². The van der Waals surface area contributed by atoms with Crippen LogP contribution in [0.1, 0.15) is 15.9 Å². The molecular formula is C25H23ClN4O3. The van der Waals surface area contributed by atoms with Crippen molar-refractivity contribution in [1.29, 1.82) is 0 Å².